The van der Waals surface area contributed by atoms with Gasteiger partial charge in [-0.05, 0) is 37.5 Å². The molecule has 2 aromatic carbocycles. The van der Waals surface area contributed by atoms with Crippen LogP contribution in [0.15, 0.2) is 59.4 Å². The van der Waals surface area contributed by atoms with E-state index in [-0.39, 0.29) is 22.8 Å². The average molecular weight is 492 g/mol. The Kier molecular flexibility index (Phi) is 5.24. The van der Waals surface area contributed by atoms with Gasteiger partial charge < -0.3 is 9.55 Å². The lowest BCUT2D eigenvalue weighted by Gasteiger charge is -2.25. The summed E-state index contributed by atoms with van der Waals surface area (Å²) < 4.78 is 45.1. The highest BCUT2D eigenvalue weighted by atomic mass is 19.4. The molecule has 1 N–H and O–H groups in total. The van der Waals surface area contributed by atoms with Crippen LogP contribution in [-0.2, 0) is 6.18 Å². The number of nitrogens with zero attached hydrogens (tertiary/aromatic N) is 4. The third kappa shape index (κ3) is 3.53. The molecule has 6 rings (SSSR count). The summed E-state index contributed by atoms with van der Waals surface area (Å²) in [4.78, 5) is 21.7. The van der Waals surface area contributed by atoms with Crippen LogP contribution in [0.1, 0.15) is 49.5 Å². The van der Waals surface area contributed by atoms with E-state index < -0.39 is 17.4 Å². The smallest absolute Gasteiger partial charge is 0.342 e. The highest BCUT2D eigenvalue weighted by molar-refractivity contribution is 5.83. The highest BCUT2D eigenvalue weighted by Crippen LogP contribution is 2.39. The van der Waals surface area contributed by atoms with Crippen LogP contribution >= 0.6 is 0 Å². The number of fused-ring (bicyclic) bond motifs is 2. The zero-order chi connectivity index (χ0) is 25.0. The Labute approximate surface area is 204 Å². The van der Waals surface area contributed by atoms with Gasteiger partial charge in [0.25, 0.3) is 5.56 Å². The molecule has 1 aliphatic carbocycles. The largest absolute Gasteiger partial charge is 0.435 e. The van der Waals surface area contributed by atoms with Crippen LogP contribution in [0.5, 0.6) is 0 Å². The van der Waals surface area contributed by atoms with Crippen molar-refractivity contribution in [1.82, 2.24) is 24.1 Å². The van der Waals surface area contributed by atoms with Gasteiger partial charge in [0.05, 0.1) is 16.6 Å². The fraction of sp³-hybridized carbons (Fsp3) is 0.296. The van der Waals surface area contributed by atoms with E-state index in [0.29, 0.717) is 17.1 Å². The Hall–Kier alpha value is -3.88. The highest BCUT2D eigenvalue weighted by Gasteiger charge is 2.39. The first kappa shape index (κ1) is 22.6. The molecule has 0 spiro atoms. The molecule has 6 nitrogen and oxygen atoms in total. The third-order valence-electron chi connectivity index (χ3n) is 7.06. The molecule has 0 amide bonds. The van der Waals surface area contributed by atoms with Crippen molar-refractivity contribution in [3.8, 4) is 22.5 Å². The zero-order valence-electron chi connectivity index (χ0n) is 19.6. The zero-order valence-corrected chi connectivity index (χ0v) is 19.6. The van der Waals surface area contributed by atoms with E-state index in [2.05, 4.69) is 14.6 Å². The average Bonchev–Trinajstić information content (AvgIpc) is 3.44. The van der Waals surface area contributed by atoms with Crippen molar-refractivity contribution in [2.24, 2.45) is 0 Å². The summed E-state index contributed by atoms with van der Waals surface area (Å²) in [6, 6.07) is 16.1. The minimum Gasteiger partial charge on any atom is -0.342 e. The van der Waals surface area contributed by atoms with Gasteiger partial charge in [0.15, 0.2) is 5.69 Å². The Morgan fingerprint density at radius 3 is 2.36 bits per heavy atom. The molecule has 1 fully saturated rings. The maximum Gasteiger partial charge on any atom is 0.435 e. The predicted molar refractivity (Wildman–Crippen MR) is 132 cm³/mol. The molecule has 0 atom stereocenters. The molecule has 0 saturated heterocycles. The second-order valence-corrected chi connectivity index (χ2v) is 9.36. The topological polar surface area (TPSA) is 68.0 Å². The van der Waals surface area contributed by atoms with Gasteiger partial charge in [0, 0.05) is 11.7 Å². The maximum atomic E-state index is 14.1. The number of para-hydroxylation sites is 2. The lowest BCUT2D eigenvalue weighted by molar-refractivity contribution is -0.140. The molecule has 0 unspecified atom stereocenters. The van der Waals surface area contributed by atoms with Gasteiger partial charge in [-0.2, -0.15) is 22.8 Å². The number of imidazole rings is 1. The number of alkyl halides is 3. The van der Waals surface area contributed by atoms with Gasteiger partial charge in [-0.15, -0.1) is 0 Å². The van der Waals surface area contributed by atoms with E-state index in [1.165, 1.54) is 6.42 Å². The third-order valence-corrected chi connectivity index (χ3v) is 7.06. The monoisotopic (exact) mass is 491 g/mol. The molecule has 36 heavy (non-hydrogen) atoms. The number of rotatable bonds is 3. The molecule has 0 aliphatic heterocycles. The summed E-state index contributed by atoms with van der Waals surface area (Å²) in [6.07, 6.45) is 0.523. The lowest BCUT2D eigenvalue weighted by atomic mass is 9.95. The number of H-pyrrole nitrogens is 1. The molecular formula is C27H24F3N5O. The van der Waals surface area contributed by atoms with E-state index in [4.69, 9.17) is 4.98 Å². The van der Waals surface area contributed by atoms with Gasteiger partial charge >= 0.3 is 6.18 Å². The summed E-state index contributed by atoms with van der Waals surface area (Å²) in [6.45, 7) is 1.70. The number of aromatic amines is 1. The summed E-state index contributed by atoms with van der Waals surface area (Å²) in [5.74, 6) is 0.467. The Balaban J connectivity index is 1.66. The van der Waals surface area contributed by atoms with Crippen LogP contribution in [0.3, 0.4) is 0 Å². The van der Waals surface area contributed by atoms with Crippen LogP contribution < -0.4 is 5.56 Å². The Morgan fingerprint density at radius 1 is 0.944 bits per heavy atom. The van der Waals surface area contributed by atoms with E-state index in [1.54, 1.807) is 37.3 Å². The number of aromatic nitrogens is 5. The van der Waals surface area contributed by atoms with Crippen molar-refractivity contribution in [2.45, 2.75) is 51.2 Å². The van der Waals surface area contributed by atoms with Gasteiger partial charge in [-0.3, -0.25) is 4.79 Å². The first-order valence-corrected chi connectivity index (χ1v) is 12.1. The van der Waals surface area contributed by atoms with E-state index in [0.717, 1.165) is 41.2 Å². The number of hydrogen-bond donors (Lipinski definition) is 1. The molecule has 1 saturated carbocycles. The molecule has 3 aromatic heterocycles. The van der Waals surface area contributed by atoms with Crippen molar-refractivity contribution in [3.05, 3.63) is 76.3 Å². The lowest BCUT2D eigenvalue weighted by Crippen LogP contribution is -2.23. The predicted octanol–water partition coefficient (Wildman–Crippen LogP) is 6.54. The molecular weight excluding hydrogens is 467 g/mol. The number of aryl methyl sites for hydroxylation is 1. The molecule has 0 bridgehead atoms. The standard InChI is InChI=1S/C27H24F3N5O/c1-16-21(24-32-19-14-8-9-15-20(19)34(24)18-12-6-3-7-13-18)26(36)35-25(31-16)22(17-10-4-2-5-11-17)23(33-35)27(28,29)30/h2,4-5,8-11,14-15,18,31H,3,6-7,12-13H2,1H3. The van der Waals surface area contributed by atoms with E-state index in [1.807, 2.05) is 24.3 Å². The number of hydrogen-bond acceptors (Lipinski definition) is 3. The first-order valence-electron chi connectivity index (χ1n) is 12.1. The molecule has 0 radical (unpaired) electrons. The van der Waals surface area contributed by atoms with Gasteiger partial charge in [0.2, 0.25) is 0 Å². The van der Waals surface area contributed by atoms with Crippen LogP contribution in [0.25, 0.3) is 39.2 Å². The van der Waals surface area contributed by atoms with Crippen molar-refractivity contribution in [1.29, 1.82) is 0 Å². The second kappa shape index (κ2) is 8.36. The van der Waals surface area contributed by atoms with Gasteiger partial charge in [-0.25, -0.2) is 4.98 Å². The first-order chi connectivity index (χ1) is 17.3. The quantitative estimate of drug-likeness (QED) is 0.312. The Bertz CT molecular complexity index is 1640. The van der Waals surface area contributed by atoms with Crippen molar-refractivity contribution in [3.63, 3.8) is 0 Å². The van der Waals surface area contributed by atoms with Crippen LogP contribution in [0, 0.1) is 6.92 Å². The molecule has 1 aliphatic rings. The summed E-state index contributed by atoms with van der Waals surface area (Å²) in [5.41, 5.74) is 0.831. The van der Waals surface area contributed by atoms with Crippen molar-refractivity contribution < 1.29 is 13.2 Å². The van der Waals surface area contributed by atoms with Crippen LogP contribution in [0.4, 0.5) is 13.2 Å². The number of nitrogens with one attached hydrogen (secondary N) is 1. The summed E-state index contributed by atoms with van der Waals surface area (Å²) in [7, 11) is 0. The van der Waals surface area contributed by atoms with Crippen molar-refractivity contribution in [2.75, 3.05) is 0 Å². The molecule has 5 aromatic rings. The van der Waals surface area contributed by atoms with E-state index >= 15 is 0 Å². The minimum atomic E-state index is -4.74. The number of benzene rings is 2. The van der Waals surface area contributed by atoms with E-state index in [9.17, 15) is 18.0 Å². The molecule has 3 heterocycles. The Morgan fingerprint density at radius 2 is 1.64 bits per heavy atom. The van der Waals surface area contributed by atoms with Gasteiger partial charge in [-0.1, -0.05) is 61.7 Å². The normalized spacial score (nSPS) is 15.2. The maximum absolute atomic E-state index is 14.1. The van der Waals surface area contributed by atoms with Crippen LogP contribution in [0.2, 0.25) is 0 Å². The molecule has 9 heteroatoms. The fourth-order valence-corrected chi connectivity index (χ4v) is 5.46. The summed E-state index contributed by atoms with van der Waals surface area (Å²) in [5, 5.41) is 3.79. The van der Waals surface area contributed by atoms with Gasteiger partial charge in [0.1, 0.15) is 17.0 Å². The fourth-order valence-electron chi connectivity index (χ4n) is 5.46. The minimum absolute atomic E-state index is 0.0140. The molecule has 184 valence electrons. The van der Waals surface area contributed by atoms with Crippen molar-refractivity contribution >= 4 is 16.7 Å². The number of halogens is 3. The summed E-state index contributed by atoms with van der Waals surface area (Å²) >= 11 is 0. The second-order valence-electron chi connectivity index (χ2n) is 9.36. The van der Waals surface area contributed by atoms with Crippen LogP contribution in [-0.4, -0.2) is 24.1 Å². The SMILES string of the molecule is Cc1[nH]c2c(-c3ccccc3)c(C(F)(F)F)nn2c(=O)c1-c1nc2ccccc2n1C1CCCCC1.